The molecule has 140 valence electrons. The van der Waals surface area contributed by atoms with Crippen LogP contribution in [0.1, 0.15) is 38.7 Å². The molecular weight excluding hydrogens is 382 g/mol. The average molecular weight is 412 g/mol. The topological polar surface area (TPSA) is 38.8 Å². The molecule has 4 nitrogen and oxygen atoms in total. The van der Waals surface area contributed by atoms with Crippen molar-refractivity contribution in [2.75, 3.05) is 32.8 Å². The minimum absolute atomic E-state index is 0.104. The van der Waals surface area contributed by atoms with Gasteiger partial charge in [0.25, 0.3) is 0 Å². The SMILES string of the molecule is CCOC(=O)CN1CCC(C[C@H](C)COc2ccc(Br)c(C)c2)CC1. The van der Waals surface area contributed by atoms with E-state index in [-0.39, 0.29) is 5.97 Å². The fourth-order valence-corrected chi connectivity index (χ4v) is 3.60. The molecule has 1 aromatic carbocycles. The number of hydrogen-bond donors (Lipinski definition) is 0. The van der Waals surface area contributed by atoms with E-state index in [1.54, 1.807) is 0 Å². The Labute approximate surface area is 160 Å². The first-order chi connectivity index (χ1) is 12.0. The first-order valence-corrected chi connectivity index (χ1v) is 10.0. The van der Waals surface area contributed by atoms with Crippen molar-refractivity contribution in [2.45, 2.75) is 40.0 Å². The maximum Gasteiger partial charge on any atom is 0.320 e. The van der Waals surface area contributed by atoms with Crippen LogP contribution in [0.3, 0.4) is 0 Å². The van der Waals surface area contributed by atoms with Gasteiger partial charge in [-0.1, -0.05) is 22.9 Å². The standard InChI is InChI=1S/C20H30BrNO3/c1-4-24-20(23)13-22-9-7-17(8-10-22)11-15(2)14-25-18-5-6-19(21)16(3)12-18/h5-6,12,15,17H,4,7-11,13-14H2,1-3H3/t15-/m0/s1. The Kier molecular flexibility index (Phi) is 8.24. The van der Waals surface area contributed by atoms with Gasteiger partial charge in [0.15, 0.2) is 0 Å². The second-order valence-corrected chi connectivity index (χ2v) is 7.94. The zero-order chi connectivity index (χ0) is 18.2. The number of hydrogen-bond acceptors (Lipinski definition) is 4. The highest BCUT2D eigenvalue weighted by Gasteiger charge is 2.22. The number of rotatable bonds is 8. The maximum atomic E-state index is 11.6. The van der Waals surface area contributed by atoms with Crippen LogP contribution in [-0.2, 0) is 9.53 Å². The molecule has 1 aliphatic heterocycles. The zero-order valence-corrected chi connectivity index (χ0v) is 17.2. The van der Waals surface area contributed by atoms with Crippen LogP contribution < -0.4 is 4.74 Å². The Bertz CT molecular complexity index is 556. The highest BCUT2D eigenvalue weighted by atomic mass is 79.9. The predicted octanol–water partition coefficient (Wildman–Crippen LogP) is 4.44. The molecule has 0 unspecified atom stereocenters. The van der Waals surface area contributed by atoms with Crippen LogP contribution >= 0.6 is 15.9 Å². The van der Waals surface area contributed by atoms with E-state index in [4.69, 9.17) is 9.47 Å². The molecule has 0 bridgehead atoms. The molecule has 0 aromatic heterocycles. The number of esters is 1. The molecule has 1 aromatic rings. The van der Waals surface area contributed by atoms with E-state index in [1.807, 2.05) is 19.1 Å². The molecular formula is C20H30BrNO3. The van der Waals surface area contributed by atoms with Crippen molar-refractivity contribution in [3.05, 3.63) is 28.2 Å². The van der Waals surface area contributed by atoms with Crippen molar-refractivity contribution in [2.24, 2.45) is 11.8 Å². The molecule has 1 fully saturated rings. The second-order valence-electron chi connectivity index (χ2n) is 7.09. The van der Waals surface area contributed by atoms with Crippen molar-refractivity contribution >= 4 is 21.9 Å². The lowest BCUT2D eigenvalue weighted by atomic mass is 9.88. The van der Waals surface area contributed by atoms with E-state index in [0.717, 1.165) is 48.7 Å². The number of likely N-dealkylation sites (tertiary alicyclic amines) is 1. The van der Waals surface area contributed by atoms with Crippen LogP contribution in [0.5, 0.6) is 5.75 Å². The molecule has 1 saturated heterocycles. The van der Waals surface area contributed by atoms with Gasteiger partial charge in [-0.2, -0.15) is 0 Å². The number of piperidine rings is 1. The van der Waals surface area contributed by atoms with Gasteiger partial charge in [0.2, 0.25) is 0 Å². The van der Waals surface area contributed by atoms with E-state index in [2.05, 4.69) is 40.7 Å². The quantitative estimate of drug-likeness (QED) is 0.592. The van der Waals surface area contributed by atoms with Gasteiger partial charge in [-0.25, -0.2) is 0 Å². The third-order valence-corrected chi connectivity index (χ3v) is 5.65. The van der Waals surface area contributed by atoms with Crippen molar-refractivity contribution in [1.29, 1.82) is 0 Å². The van der Waals surface area contributed by atoms with Gasteiger partial charge in [-0.15, -0.1) is 0 Å². The summed E-state index contributed by atoms with van der Waals surface area (Å²) in [5.41, 5.74) is 1.19. The van der Waals surface area contributed by atoms with Gasteiger partial charge in [0.05, 0.1) is 19.8 Å². The summed E-state index contributed by atoms with van der Waals surface area (Å²) in [4.78, 5) is 13.8. The number of carbonyl (C=O) groups excluding carboxylic acids is 1. The summed E-state index contributed by atoms with van der Waals surface area (Å²) < 4.78 is 12.1. The Balaban J connectivity index is 1.67. The van der Waals surface area contributed by atoms with Gasteiger partial charge < -0.3 is 9.47 Å². The van der Waals surface area contributed by atoms with Gasteiger partial charge in [0.1, 0.15) is 5.75 Å². The van der Waals surface area contributed by atoms with Crippen molar-refractivity contribution in [1.82, 2.24) is 4.90 Å². The lowest BCUT2D eigenvalue weighted by molar-refractivity contribution is -0.144. The minimum Gasteiger partial charge on any atom is -0.493 e. The third kappa shape index (κ3) is 6.98. The van der Waals surface area contributed by atoms with Crippen molar-refractivity contribution < 1.29 is 14.3 Å². The summed E-state index contributed by atoms with van der Waals surface area (Å²) in [5.74, 6) is 2.10. The monoisotopic (exact) mass is 411 g/mol. The highest BCUT2D eigenvalue weighted by molar-refractivity contribution is 9.10. The van der Waals surface area contributed by atoms with E-state index >= 15 is 0 Å². The number of benzene rings is 1. The number of aryl methyl sites for hydroxylation is 1. The first-order valence-electron chi connectivity index (χ1n) is 9.24. The summed E-state index contributed by atoms with van der Waals surface area (Å²) in [6.45, 7) is 9.81. The Morgan fingerprint density at radius 2 is 2.08 bits per heavy atom. The van der Waals surface area contributed by atoms with Crippen LogP contribution in [0.25, 0.3) is 0 Å². The molecule has 0 aliphatic carbocycles. The first kappa shape index (κ1) is 20.2. The maximum absolute atomic E-state index is 11.6. The summed E-state index contributed by atoms with van der Waals surface area (Å²) in [5, 5.41) is 0. The third-order valence-electron chi connectivity index (χ3n) is 4.76. The van der Waals surface area contributed by atoms with Gasteiger partial charge >= 0.3 is 5.97 Å². The Morgan fingerprint density at radius 3 is 2.72 bits per heavy atom. The molecule has 25 heavy (non-hydrogen) atoms. The van der Waals surface area contributed by atoms with Gasteiger partial charge in [-0.05, 0) is 81.8 Å². The molecule has 0 radical (unpaired) electrons. The van der Waals surface area contributed by atoms with Crippen LogP contribution in [0.4, 0.5) is 0 Å². The normalized spacial score (nSPS) is 17.3. The molecule has 0 N–H and O–H groups in total. The summed E-state index contributed by atoms with van der Waals surface area (Å²) >= 11 is 3.51. The molecule has 2 rings (SSSR count). The fourth-order valence-electron chi connectivity index (χ4n) is 3.35. The lowest BCUT2D eigenvalue weighted by Gasteiger charge is -2.32. The molecule has 1 atom stereocenters. The highest BCUT2D eigenvalue weighted by Crippen LogP contribution is 2.26. The van der Waals surface area contributed by atoms with Crippen LogP contribution in [-0.4, -0.2) is 43.7 Å². The average Bonchev–Trinajstić information content (AvgIpc) is 2.58. The fraction of sp³-hybridized carbons (Fsp3) is 0.650. The second kappa shape index (κ2) is 10.2. The molecule has 0 saturated carbocycles. The number of halogens is 1. The van der Waals surface area contributed by atoms with Crippen LogP contribution in [0.2, 0.25) is 0 Å². The predicted molar refractivity (Wildman–Crippen MR) is 104 cm³/mol. The van der Waals surface area contributed by atoms with E-state index in [9.17, 15) is 4.79 Å². The van der Waals surface area contributed by atoms with E-state index in [0.29, 0.717) is 19.1 Å². The minimum atomic E-state index is -0.104. The molecule has 0 amide bonds. The van der Waals surface area contributed by atoms with Crippen molar-refractivity contribution in [3.63, 3.8) is 0 Å². The summed E-state index contributed by atoms with van der Waals surface area (Å²) in [7, 11) is 0. The number of nitrogens with zero attached hydrogens (tertiary/aromatic N) is 1. The Morgan fingerprint density at radius 1 is 1.36 bits per heavy atom. The summed E-state index contributed by atoms with van der Waals surface area (Å²) in [6.07, 6.45) is 3.49. The zero-order valence-electron chi connectivity index (χ0n) is 15.6. The van der Waals surface area contributed by atoms with Crippen molar-refractivity contribution in [3.8, 4) is 5.75 Å². The number of carbonyl (C=O) groups is 1. The number of ether oxygens (including phenoxy) is 2. The lowest BCUT2D eigenvalue weighted by Crippen LogP contribution is -2.38. The van der Waals surface area contributed by atoms with Gasteiger partial charge in [0, 0.05) is 4.47 Å². The smallest absolute Gasteiger partial charge is 0.320 e. The molecule has 5 heteroatoms. The van der Waals surface area contributed by atoms with E-state index in [1.165, 1.54) is 12.0 Å². The molecule has 0 spiro atoms. The van der Waals surface area contributed by atoms with E-state index < -0.39 is 0 Å². The molecule has 1 aliphatic rings. The van der Waals surface area contributed by atoms with Gasteiger partial charge in [-0.3, -0.25) is 9.69 Å². The van der Waals surface area contributed by atoms with Crippen LogP contribution in [0.15, 0.2) is 22.7 Å². The van der Waals surface area contributed by atoms with Crippen LogP contribution in [0, 0.1) is 18.8 Å². The molecule has 1 heterocycles. The Hall–Kier alpha value is -1.07. The summed E-state index contributed by atoms with van der Waals surface area (Å²) in [6, 6.07) is 6.12. The largest absolute Gasteiger partial charge is 0.493 e.